The first-order valence-electron chi connectivity index (χ1n) is 6.34. The van der Waals surface area contributed by atoms with Gasteiger partial charge in [0, 0.05) is 16.0 Å². The van der Waals surface area contributed by atoms with Crippen LogP contribution in [0.5, 0.6) is 0 Å². The Morgan fingerprint density at radius 1 is 1.16 bits per heavy atom. The molecule has 102 valence electrons. The number of halogens is 1. The normalized spacial score (nSPS) is 23.8. The maximum atomic E-state index is 11.6. The van der Waals surface area contributed by atoms with Crippen molar-refractivity contribution >= 4 is 17.6 Å². The number of carboxylic acids is 1. The van der Waals surface area contributed by atoms with Crippen molar-refractivity contribution in [3.8, 4) is 0 Å². The number of carboxylic acid groups (broad SMARTS) is 1. The number of aliphatic carboxylic acids is 1. The lowest BCUT2D eigenvalue weighted by atomic mass is 9.69. The largest absolute Gasteiger partial charge is 0.477 e. The molecule has 2 fully saturated rings. The molecule has 1 saturated carbocycles. The van der Waals surface area contributed by atoms with Crippen LogP contribution in [0.2, 0.25) is 5.02 Å². The van der Waals surface area contributed by atoms with E-state index in [1.807, 2.05) is 0 Å². The maximum Gasteiger partial charge on any atom is 0.369 e. The molecule has 1 aromatic rings. The van der Waals surface area contributed by atoms with Gasteiger partial charge < -0.3 is 14.6 Å². The van der Waals surface area contributed by atoms with Crippen LogP contribution in [0.3, 0.4) is 0 Å². The summed E-state index contributed by atoms with van der Waals surface area (Å²) >= 11 is 5.82. The summed E-state index contributed by atoms with van der Waals surface area (Å²) in [6, 6.07) is 6.55. The molecule has 3 rings (SSSR count). The average molecular weight is 283 g/mol. The number of hydrogen-bond acceptors (Lipinski definition) is 3. The fraction of sp³-hybridized carbons (Fsp3) is 0.500. The van der Waals surface area contributed by atoms with Gasteiger partial charge in [0.25, 0.3) is 5.79 Å². The first kappa shape index (κ1) is 12.9. The fourth-order valence-corrected chi connectivity index (χ4v) is 2.77. The van der Waals surface area contributed by atoms with E-state index in [1.54, 1.807) is 24.3 Å². The van der Waals surface area contributed by atoms with Crippen LogP contribution in [0.25, 0.3) is 0 Å². The van der Waals surface area contributed by atoms with Gasteiger partial charge in [0.2, 0.25) is 0 Å². The summed E-state index contributed by atoms with van der Waals surface area (Å²) in [5.41, 5.74) is 0.504. The highest BCUT2D eigenvalue weighted by atomic mass is 35.5. The van der Waals surface area contributed by atoms with Crippen molar-refractivity contribution in [3.63, 3.8) is 0 Å². The summed E-state index contributed by atoms with van der Waals surface area (Å²) in [4.78, 5) is 11.6. The van der Waals surface area contributed by atoms with E-state index >= 15 is 0 Å². The van der Waals surface area contributed by atoms with E-state index in [1.165, 1.54) is 0 Å². The topological polar surface area (TPSA) is 55.8 Å². The predicted molar refractivity (Wildman–Crippen MR) is 69.0 cm³/mol. The van der Waals surface area contributed by atoms with E-state index in [2.05, 4.69) is 0 Å². The minimum atomic E-state index is -1.69. The van der Waals surface area contributed by atoms with Gasteiger partial charge in [-0.2, -0.15) is 0 Å². The zero-order valence-electron chi connectivity index (χ0n) is 10.4. The number of rotatable bonds is 2. The molecule has 1 N–H and O–H groups in total. The van der Waals surface area contributed by atoms with E-state index in [9.17, 15) is 9.90 Å². The summed E-state index contributed by atoms with van der Waals surface area (Å²) in [6.07, 6.45) is 3.25. The van der Waals surface area contributed by atoms with Crippen molar-refractivity contribution in [1.82, 2.24) is 0 Å². The Hall–Kier alpha value is -1.10. The van der Waals surface area contributed by atoms with Crippen molar-refractivity contribution in [2.45, 2.75) is 25.0 Å². The molecule has 4 nitrogen and oxygen atoms in total. The molecule has 0 bridgehead atoms. The maximum absolute atomic E-state index is 11.6. The van der Waals surface area contributed by atoms with Gasteiger partial charge in [-0.05, 0) is 25.0 Å². The van der Waals surface area contributed by atoms with E-state index < -0.39 is 11.8 Å². The second-order valence-corrected chi connectivity index (χ2v) is 5.80. The van der Waals surface area contributed by atoms with Crippen molar-refractivity contribution in [2.24, 2.45) is 5.41 Å². The van der Waals surface area contributed by atoms with Gasteiger partial charge in [-0.1, -0.05) is 30.2 Å². The third-order valence-corrected chi connectivity index (χ3v) is 4.34. The molecular weight excluding hydrogens is 268 g/mol. The number of benzene rings is 1. The number of ether oxygens (including phenoxy) is 2. The minimum absolute atomic E-state index is 0.0331. The van der Waals surface area contributed by atoms with Crippen LogP contribution < -0.4 is 0 Å². The molecule has 2 aliphatic rings. The zero-order valence-corrected chi connectivity index (χ0v) is 11.2. The lowest BCUT2D eigenvalue weighted by molar-refractivity contribution is -0.314. The molecule has 0 atom stereocenters. The SMILES string of the molecule is O=C(O)C1(c2ccc(Cl)cc2)OCC2(CCC2)CO1. The molecule has 19 heavy (non-hydrogen) atoms. The van der Waals surface area contributed by atoms with E-state index in [0.717, 1.165) is 19.3 Å². The fourth-order valence-electron chi connectivity index (χ4n) is 2.64. The van der Waals surface area contributed by atoms with Crippen LogP contribution in [-0.2, 0) is 20.1 Å². The Kier molecular flexibility index (Phi) is 3.04. The Labute approximate surface area is 116 Å². The van der Waals surface area contributed by atoms with Crippen LogP contribution in [0.15, 0.2) is 24.3 Å². The van der Waals surface area contributed by atoms with Gasteiger partial charge in [0.15, 0.2) is 0 Å². The third-order valence-electron chi connectivity index (χ3n) is 4.08. The summed E-state index contributed by atoms with van der Waals surface area (Å²) in [6.45, 7) is 0.865. The lowest BCUT2D eigenvalue weighted by Crippen LogP contribution is -2.54. The molecule has 1 aromatic carbocycles. The van der Waals surface area contributed by atoms with Crippen LogP contribution in [0.1, 0.15) is 24.8 Å². The summed E-state index contributed by atoms with van der Waals surface area (Å²) in [5, 5.41) is 10.0. The number of hydrogen-bond donors (Lipinski definition) is 1. The van der Waals surface area contributed by atoms with E-state index in [4.69, 9.17) is 21.1 Å². The average Bonchev–Trinajstić information content (AvgIpc) is 2.37. The lowest BCUT2D eigenvalue weighted by Gasteiger charge is -2.49. The van der Waals surface area contributed by atoms with Crippen LogP contribution >= 0.6 is 11.6 Å². The first-order chi connectivity index (χ1) is 9.06. The van der Waals surface area contributed by atoms with Gasteiger partial charge >= 0.3 is 5.97 Å². The van der Waals surface area contributed by atoms with Gasteiger partial charge in [-0.25, -0.2) is 4.79 Å². The molecule has 1 aliphatic heterocycles. The molecular formula is C14H15ClO4. The third kappa shape index (κ3) is 2.04. The molecule has 0 aromatic heterocycles. The highest BCUT2D eigenvalue weighted by Crippen LogP contribution is 2.47. The molecule has 1 heterocycles. The standard InChI is InChI=1S/C14H15ClO4/c15-11-4-2-10(3-5-11)14(12(16)17)18-8-13(9-19-14)6-1-7-13/h2-5H,1,6-9H2,(H,16,17). The zero-order chi connectivity index (χ0) is 13.5. The molecule has 1 spiro atoms. The second-order valence-electron chi connectivity index (χ2n) is 5.36. The quantitative estimate of drug-likeness (QED) is 0.906. The van der Waals surface area contributed by atoms with Crippen LogP contribution in [-0.4, -0.2) is 24.3 Å². The van der Waals surface area contributed by atoms with Crippen molar-refractivity contribution in [1.29, 1.82) is 0 Å². The minimum Gasteiger partial charge on any atom is -0.477 e. The Morgan fingerprint density at radius 2 is 1.74 bits per heavy atom. The van der Waals surface area contributed by atoms with Gasteiger partial charge in [0.05, 0.1) is 13.2 Å². The molecule has 0 unspecified atom stereocenters. The van der Waals surface area contributed by atoms with Gasteiger partial charge in [0.1, 0.15) is 0 Å². The molecule has 1 saturated heterocycles. The van der Waals surface area contributed by atoms with Gasteiger partial charge in [-0.15, -0.1) is 0 Å². The summed E-state index contributed by atoms with van der Waals surface area (Å²) in [5.74, 6) is -2.81. The highest BCUT2D eigenvalue weighted by Gasteiger charge is 2.53. The molecule has 1 aliphatic carbocycles. The van der Waals surface area contributed by atoms with Crippen LogP contribution in [0, 0.1) is 5.41 Å². The van der Waals surface area contributed by atoms with Crippen molar-refractivity contribution in [2.75, 3.05) is 13.2 Å². The Bertz CT molecular complexity index is 483. The van der Waals surface area contributed by atoms with Gasteiger partial charge in [-0.3, -0.25) is 0 Å². The first-order valence-corrected chi connectivity index (χ1v) is 6.72. The molecule has 5 heteroatoms. The van der Waals surface area contributed by atoms with Crippen molar-refractivity contribution in [3.05, 3.63) is 34.9 Å². The number of carbonyl (C=O) groups is 1. The Balaban J connectivity index is 1.88. The monoisotopic (exact) mass is 282 g/mol. The summed E-state index contributed by atoms with van der Waals surface area (Å²) in [7, 11) is 0. The van der Waals surface area contributed by atoms with Crippen LogP contribution in [0.4, 0.5) is 0 Å². The molecule has 0 radical (unpaired) electrons. The second kappa shape index (κ2) is 4.47. The smallest absolute Gasteiger partial charge is 0.369 e. The predicted octanol–water partition coefficient (Wildman–Crippen LogP) is 2.79. The van der Waals surface area contributed by atoms with E-state index in [0.29, 0.717) is 23.8 Å². The molecule has 0 amide bonds. The van der Waals surface area contributed by atoms with Crippen molar-refractivity contribution < 1.29 is 19.4 Å². The highest BCUT2D eigenvalue weighted by molar-refractivity contribution is 6.30. The van der Waals surface area contributed by atoms with E-state index in [-0.39, 0.29) is 5.41 Å². The summed E-state index contributed by atoms with van der Waals surface area (Å²) < 4.78 is 11.3. The Morgan fingerprint density at radius 3 is 2.16 bits per heavy atom.